The maximum Gasteiger partial charge on any atom is 0.377 e. The first-order chi connectivity index (χ1) is 15.6. The summed E-state index contributed by atoms with van der Waals surface area (Å²) in [6, 6.07) is 10.1. The number of carboxylic acid groups (broad SMARTS) is 1. The molecule has 2 aromatic rings. The number of hydrogen-bond donors (Lipinski definition) is 1. The number of benzene rings is 1. The fraction of sp³-hybridized carbons (Fsp3) is 0.630. The first-order valence-corrected chi connectivity index (χ1v) is 12.8. The van der Waals surface area contributed by atoms with Gasteiger partial charge in [0.1, 0.15) is 0 Å². The molecule has 0 unspecified atom stereocenters. The van der Waals surface area contributed by atoms with Crippen LogP contribution >= 0.6 is 0 Å². The molecule has 1 N–H and O–H groups in total. The van der Waals surface area contributed by atoms with Crippen molar-refractivity contribution < 1.29 is 14.7 Å². The molecule has 2 bridgehead atoms. The van der Waals surface area contributed by atoms with Gasteiger partial charge >= 0.3 is 5.97 Å². The average Bonchev–Trinajstić information content (AvgIpc) is 3.31. The lowest BCUT2D eigenvalue weighted by atomic mass is 9.90. The predicted octanol–water partition coefficient (Wildman–Crippen LogP) is 5.97. The van der Waals surface area contributed by atoms with E-state index >= 15 is 0 Å². The standard InChI is InChI=1S/C27H36N2O3/c30-26(27(31)32)24-18-28(25-13-9-8-12-23(24)25)22-16-20-14-15-21(17-22)29(20)19-10-6-4-2-1-3-5-7-11-19/h8-9,12-13,18-22H,1-7,10-11,14-17H2,(H,31,32)/t20-,21+,22+. The minimum absolute atomic E-state index is 0.329. The summed E-state index contributed by atoms with van der Waals surface area (Å²) in [5.41, 5.74) is 1.32. The summed E-state index contributed by atoms with van der Waals surface area (Å²) in [6.45, 7) is 0. The smallest absolute Gasteiger partial charge is 0.377 e. The number of hydrogen-bond acceptors (Lipinski definition) is 3. The van der Waals surface area contributed by atoms with E-state index in [9.17, 15) is 14.7 Å². The number of rotatable bonds is 4. The van der Waals surface area contributed by atoms with Crippen LogP contribution < -0.4 is 0 Å². The van der Waals surface area contributed by atoms with Gasteiger partial charge in [0.05, 0.1) is 5.56 Å². The molecule has 5 heteroatoms. The van der Waals surface area contributed by atoms with Crippen molar-refractivity contribution >= 4 is 22.7 Å². The third kappa shape index (κ3) is 4.12. The van der Waals surface area contributed by atoms with Crippen LogP contribution in [-0.2, 0) is 4.79 Å². The van der Waals surface area contributed by atoms with E-state index in [1.807, 2.05) is 30.5 Å². The fourth-order valence-corrected chi connectivity index (χ4v) is 6.90. The zero-order valence-corrected chi connectivity index (χ0v) is 19.0. The van der Waals surface area contributed by atoms with Crippen LogP contribution in [0.5, 0.6) is 0 Å². The molecule has 2 saturated heterocycles. The van der Waals surface area contributed by atoms with E-state index in [0.29, 0.717) is 23.7 Å². The van der Waals surface area contributed by atoms with Crippen molar-refractivity contribution in [2.45, 2.75) is 108 Å². The van der Waals surface area contributed by atoms with Crippen molar-refractivity contribution in [3.05, 3.63) is 36.0 Å². The number of ketones is 1. The molecule has 1 aromatic heterocycles. The van der Waals surface area contributed by atoms with Crippen molar-refractivity contribution in [1.29, 1.82) is 0 Å². The Hall–Kier alpha value is -2.14. The van der Waals surface area contributed by atoms with Crippen molar-refractivity contribution in [3.8, 4) is 0 Å². The Morgan fingerprint density at radius 3 is 1.97 bits per heavy atom. The van der Waals surface area contributed by atoms with Gasteiger partial charge in [-0.3, -0.25) is 9.69 Å². The Morgan fingerprint density at radius 1 is 0.750 bits per heavy atom. The molecule has 5 nitrogen and oxygen atoms in total. The molecule has 1 aromatic carbocycles. The van der Waals surface area contributed by atoms with Crippen LogP contribution in [0.4, 0.5) is 0 Å². The molecule has 0 amide bonds. The molecular formula is C27H36N2O3. The van der Waals surface area contributed by atoms with Gasteiger partial charge in [-0.2, -0.15) is 0 Å². The minimum atomic E-state index is -1.38. The predicted molar refractivity (Wildman–Crippen MR) is 126 cm³/mol. The highest BCUT2D eigenvalue weighted by Gasteiger charge is 2.44. The molecule has 2 aliphatic heterocycles. The molecule has 1 saturated carbocycles. The van der Waals surface area contributed by atoms with Gasteiger partial charge in [-0.15, -0.1) is 0 Å². The van der Waals surface area contributed by atoms with Crippen LogP contribution in [0.1, 0.15) is 99.9 Å². The Labute approximate surface area is 190 Å². The van der Waals surface area contributed by atoms with E-state index in [0.717, 1.165) is 29.8 Å². The van der Waals surface area contributed by atoms with Crippen molar-refractivity contribution in [1.82, 2.24) is 9.47 Å². The first-order valence-electron chi connectivity index (χ1n) is 12.8. The van der Waals surface area contributed by atoms with E-state index in [1.54, 1.807) is 0 Å². The summed E-state index contributed by atoms with van der Waals surface area (Å²) in [5, 5.41) is 10.1. The van der Waals surface area contributed by atoms with Crippen LogP contribution in [-0.4, -0.2) is 44.5 Å². The number of para-hydroxylation sites is 1. The summed E-state index contributed by atoms with van der Waals surface area (Å²) in [5.74, 6) is -2.18. The fourth-order valence-electron chi connectivity index (χ4n) is 6.90. The second-order valence-electron chi connectivity index (χ2n) is 10.3. The zero-order chi connectivity index (χ0) is 22.1. The highest BCUT2D eigenvalue weighted by atomic mass is 16.4. The lowest BCUT2D eigenvalue weighted by molar-refractivity contribution is -0.131. The maximum absolute atomic E-state index is 12.3. The van der Waals surface area contributed by atoms with Crippen LogP contribution in [0.25, 0.3) is 10.9 Å². The van der Waals surface area contributed by atoms with Gasteiger partial charge < -0.3 is 9.67 Å². The second kappa shape index (κ2) is 9.38. The van der Waals surface area contributed by atoms with Gasteiger partial charge in [-0.25, -0.2) is 4.79 Å². The number of aromatic nitrogens is 1. The molecule has 0 radical (unpaired) electrons. The molecule has 3 aliphatic rings. The normalized spacial score (nSPS) is 28.1. The molecule has 3 atom stereocenters. The number of piperidine rings is 1. The first kappa shape index (κ1) is 21.7. The van der Waals surface area contributed by atoms with E-state index in [1.165, 1.54) is 70.6 Å². The number of carbonyl (C=O) groups is 2. The number of carboxylic acids is 1. The van der Waals surface area contributed by atoms with E-state index < -0.39 is 11.8 Å². The van der Waals surface area contributed by atoms with Gasteiger partial charge in [0.2, 0.25) is 0 Å². The molecule has 32 heavy (non-hydrogen) atoms. The summed E-state index contributed by atoms with van der Waals surface area (Å²) >= 11 is 0. The maximum atomic E-state index is 12.3. The second-order valence-corrected chi connectivity index (χ2v) is 10.3. The highest BCUT2D eigenvalue weighted by Crippen LogP contribution is 2.45. The molecule has 3 fully saturated rings. The number of nitrogens with zero attached hydrogens (tertiary/aromatic N) is 2. The number of carbonyl (C=O) groups excluding carboxylic acids is 1. The number of aliphatic carboxylic acids is 1. The quantitative estimate of drug-likeness (QED) is 0.474. The van der Waals surface area contributed by atoms with Crippen molar-refractivity contribution in [2.24, 2.45) is 0 Å². The van der Waals surface area contributed by atoms with E-state index in [-0.39, 0.29) is 0 Å². The van der Waals surface area contributed by atoms with Gasteiger partial charge in [-0.05, 0) is 44.6 Å². The average molecular weight is 437 g/mol. The number of fused-ring (bicyclic) bond motifs is 3. The molecular weight excluding hydrogens is 400 g/mol. The van der Waals surface area contributed by atoms with Gasteiger partial charge in [-0.1, -0.05) is 63.1 Å². The van der Waals surface area contributed by atoms with Crippen LogP contribution in [0.15, 0.2) is 30.5 Å². The zero-order valence-electron chi connectivity index (χ0n) is 19.0. The Kier molecular flexibility index (Phi) is 6.36. The molecule has 172 valence electrons. The third-order valence-electron chi connectivity index (χ3n) is 8.33. The molecule has 0 spiro atoms. The lowest BCUT2D eigenvalue weighted by Gasteiger charge is -2.44. The van der Waals surface area contributed by atoms with Crippen molar-refractivity contribution in [2.75, 3.05) is 0 Å². The van der Waals surface area contributed by atoms with Crippen LogP contribution in [0, 0.1) is 0 Å². The Morgan fingerprint density at radius 2 is 1.34 bits per heavy atom. The summed E-state index contributed by atoms with van der Waals surface area (Å²) in [4.78, 5) is 26.6. The molecule has 5 rings (SSSR count). The summed E-state index contributed by atoms with van der Waals surface area (Å²) in [7, 11) is 0. The Bertz CT molecular complexity index is 956. The van der Waals surface area contributed by atoms with Crippen LogP contribution in [0.2, 0.25) is 0 Å². The monoisotopic (exact) mass is 436 g/mol. The largest absolute Gasteiger partial charge is 0.475 e. The minimum Gasteiger partial charge on any atom is -0.475 e. The SMILES string of the molecule is O=C(O)C(=O)c1cn([C@H]2C[C@H]3CC[C@@H](C2)N3C2CCCCCCCCC2)c2ccccc12. The number of Topliss-reactive ketones (excluding diaryl/α,β-unsaturated/α-hetero) is 1. The third-order valence-corrected chi connectivity index (χ3v) is 8.33. The highest BCUT2D eigenvalue weighted by molar-refractivity contribution is 6.42. The van der Waals surface area contributed by atoms with Gasteiger partial charge in [0.25, 0.3) is 5.78 Å². The molecule has 1 aliphatic carbocycles. The van der Waals surface area contributed by atoms with Gasteiger partial charge in [0.15, 0.2) is 0 Å². The van der Waals surface area contributed by atoms with E-state index in [4.69, 9.17) is 0 Å². The summed E-state index contributed by atoms with van der Waals surface area (Å²) in [6.07, 6.45) is 19.0. The summed E-state index contributed by atoms with van der Waals surface area (Å²) < 4.78 is 2.22. The topological polar surface area (TPSA) is 62.5 Å². The molecule has 3 heterocycles. The van der Waals surface area contributed by atoms with Crippen LogP contribution in [0.3, 0.4) is 0 Å². The lowest BCUT2D eigenvalue weighted by Crippen LogP contribution is -2.49. The van der Waals surface area contributed by atoms with Gasteiger partial charge in [0, 0.05) is 41.3 Å². The van der Waals surface area contributed by atoms with Crippen molar-refractivity contribution in [3.63, 3.8) is 0 Å². The van der Waals surface area contributed by atoms with E-state index in [2.05, 4.69) is 9.47 Å². The Balaban J connectivity index is 1.38.